The molecule has 0 spiro atoms. The van der Waals surface area contributed by atoms with Gasteiger partial charge in [-0.05, 0) is 43.5 Å². The summed E-state index contributed by atoms with van der Waals surface area (Å²) in [6, 6.07) is 14.4. The molecule has 1 amide bonds. The minimum atomic E-state index is 0.0459. The van der Waals surface area contributed by atoms with Gasteiger partial charge in [0.1, 0.15) is 0 Å². The number of rotatable bonds is 5. The molecule has 0 unspecified atom stereocenters. The van der Waals surface area contributed by atoms with Crippen LogP contribution in [0.5, 0.6) is 0 Å². The fourth-order valence-electron chi connectivity index (χ4n) is 2.16. The number of carbonyl (C=O) groups excluding carboxylic acids is 1. The minimum absolute atomic E-state index is 0.0459. The maximum atomic E-state index is 12.1. The summed E-state index contributed by atoms with van der Waals surface area (Å²) < 4.78 is 0. The highest BCUT2D eigenvalue weighted by Gasteiger charge is 2.09. The summed E-state index contributed by atoms with van der Waals surface area (Å²) >= 11 is 1.56. The average molecular weight is 299 g/mol. The van der Waals surface area contributed by atoms with Crippen LogP contribution in [-0.4, -0.2) is 11.7 Å². The molecular formula is C18H21NOS. The number of hydrogen-bond donors (Lipinski definition) is 1. The monoisotopic (exact) mass is 299 g/mol. The molecule has 0 atom stereocenters. The van der Waals surface area contributed by atoms with Crippen molar-refractivity contribution in [1.82, 2.24) is 0 Å². The molecule has 0 saturated carbocycles. The number of nitrogens with one attached hydrogen (secondary N) is 1. The molecule has 2 rings (SSSR count). The summed E-state index contributed by atoms with van der Waals surface area (Å²) in [6.07, 6.45) is 0.919. The van der Waals surface area contributed by atoms with E-state index in [-0.39, 0.29) is 5.91 Å². The predicted octanol–water partition coefficient (Wildman–Crippen LogP) is 4.60. The molecule has 0 fully saturated rings. The first-order chi connectivity index (χ1) is 10.1. The Bertz CT molecular complexity index is 620. The first-order valence-electron chi connectivity index (χ1n) is 7.18. The van der Waals surface area contributed by atoms with Crippen molar-refractivity contribution in [3.05, 3.63) is 59.2 Å². The van der Waals surface area contributed by atoms with Gasteiger partial charge in [0.25, 0.3) is 0 Å². The SMILES string of the molecule is CCc1cccc(C)c1NC(=O)CSc1ccc(C)cc1. The van der Waals surface area contributed by atoms with Gasteiger partial charge in [-0.25, -0.2) is 0 Å². The molecule has 3 heteroatoms. The first-order valence-corrected chi connectivity index (χ1v) is 8.16. The van der Waals surface area contributed by atoms with Crippen molar-refractivity contribution in [1.29, 1.82) is 0 Å². The Morgan fingerprint density at radius 2 is 1.81 bits per heavy atom. The van der Waals surface area contributed by atoms with E-state index in [9.17, 15) is 4.79 Å². The Labute approximate surface area is 131 Å². The maximum absolute atomic E-state index is 12.1. The zero-order valence-electron chi connectivity index (χ0n) is 12.8. The van der Waals surface area contributed by atoms with E-state index in [2.05, 4.69) is 49.5 Å². The molecule has 0 aliphatic rings. The van der Waals surface area contributed by atoms with Gasteiger partial charge >= 0.3 is 0 Å². The van der Waals surface area contributed by atoms with E-state index in [1.165, 1.54) is 11.1 Å². The Balaban J connectivity index is 1.97. The second kappa shape index (κ2) is 7.32. The highest BCUT2D eigenvalue weighted by atomic mass is 32.2. The van der Waals surface area contributed by atoms with Crippen LogP contribution < -0.4 is 5.32 Å². The van der Waals surface area contributed by atoms with Gasteiger partial charge in [0.15, 0.2) is 0 Å². The van der Waals surface area contributed by atoms with Crippen LogP contribution in [0.15, 0.2) is 47.4 Å². The first kappa shape index (κ1) is 15.6. The summed E-state index contributed by atoms with van der Waals surface area (Å²) in [5.41, 5.74) is 4.50. The van der Waals surface area contributed by atoms with Gasteiger partial charge in [-0.1, -0.05) is 42.8 Å². The third kappa shape index (κ3) is 4.36. The van der Waals surface area contributed by atoms with Gasteiger partial charge in [-0.2, -0.15) is 0 Å². The van der Waals surface area contributed by atoms with Gasteiger partial charge in [-0.15, -0.1) is 11.8 Å². The van der Waals surface area contributed by atoms with Crippen molar-refractivity contribution in [3.63, 3.8) is 0 Å². The lowest BCUT2D eigenvalue weighted by molar-refractivity contribution is -0.113. The van der Waals surface area contributed by atoms with E-state index in [0.29, 0.717) is 5.75 Å². The Morgan fingerprint density at radius 1 is 1.10 bits per heavy atom. The molecule has 0 aromatic heterocycles. The lowest BCUT2D eigenvalue weighted by atomic mass is 10.1. The summed E-state index contributed by atoms with van der Waals surface area (Å²) in [5, 5.41) is 3.05. The van der Waals surface area contributed by atoms with Crippen LogP contribution in [0.1, 0.15) is 23.6 Å². The van der Waals surface area contributed by atoms with E-state index in [0.717, 1.165) is 22.6 Å². The quantitative estimate of drug-likeness (QED) is 0.818. The number of aryl methyl sites for hydroxylation is 3. The average Bonchev–Trinajstić information content (AvgIpc) is 2.49. The number of amides is 1. The molecule has 0 aliphatic heterocycles. The van der Waals surface area contributed by atoms with Crippen LogP contribution in [0.3, 0.4) is 0 Å². The molecule has 110 valence electrons. The summed E-state index contributed by atoms with van der Waals surface area (Å²) in [5.74, 6) is 0.477. The molecule has 2 aromatic carbocycles. The molecule has 2 nitrogen and oxygen atoms in total. The van der Waals surface area contributed by atoms with Gasteiger partial charge in [0.2, 0.25) is 5.91 Å². The topological polar surface area (TPSA) is 29.1 Å². The van der Waals surface area contributed by atoms with Crippen molar-refractivity contribution in [2.45, 2.75) is 32.1 Å². The molecular weight excluding hydrogens is 278 g/mol. The molecule has 2 aromatic rings. The number of carbonyl (C=O) groups is 1. The molecule has 21 heavy (non-hydrogen) atoms. The molecule has 1 N–H and O–H groups in total. The smallest absolute Gasteiger partial charge is 0.234 e. The van der Waals surface area contributed by atoms with Crippen LogP contribution in [0.2, 0.25) is 0 Å². The van der Waals surface area contributed by atoms with E-state index in [4.69, 9.17) is 0 Å². The maximum Gasteiger partial charge on any atom is 0.234 e. The fraction of sp³-hybridized carbons (Fsp3) is 0.278. The number of benzene rings is 2. The molecule has 0 radical (unpaired) electrons. The van der Waals surface area contributed by atoms with Crippen molar-refractivity contribution in [2.24, 2.45) is 0 Å². The van der Waals surface area contributed by atoms with Gasteiger partial charge in [-0.3, -0.25) is 4.79 Å². The largest absolute Gasteiger partial charge is 0.325 e. The highest BCUT2D eigenvalue weighted by Crippen LogP contribution is 2.23. The molecule has 0 heterocycles. The third-order valence-electron chi connectivity index (χ3n) is 3.40. The predicted molar refractivity (Wildman–Crippen MR) is 91.1 cm³/mol. The zero-order chi connectivity index (χ0) is 15.2. The zero-order valence-corrected chi connectivity index (χ0v) is 13.6. The normalized spacial score (nSPS) is 10.4. The number of hydrogen-bond acceptors (Lipinski definition) is 2. The van der Waals surface area contributed by atoms with Crippen molar-refractivity contribution < 1.29 is 4.79 Å². The highest BCUT2D eigenvalue weighted by molar-refractivity contribution is 8.00. The van der Waals surface area contributed by atoms with Crippen LogP contribution in [0.4, 0.5) is 5.69 Å². The van der Waals surface area contributed by atoms with E-state index in [1.807, 2.05) is 19.1 Å². The number of para-hydroxylation sites is 1. The Morgan fingerprint density at radius 3 is 2.48 bits per heavy atom. The van der Waals surface area contributed by atoms with Gasteiger partial charge in [0, 0.05) is 10.6 Å². The summed E-state index contributed by atoms with van der Waals surface area (Å²) in [7, 11) is 0. The van der Waals surface area contributed by atoms with Crippen molar-refractivity contribution >= 4 is 23.4 Å². The molecule has 0 bridgehead atoms. The molecule has 0 saturated heterocycles. The number of thioether (sulfide) groups is 1. The van der Waals surface area contributed by atoms with Crippen LogP contribution in [-0.2, 0) is 11.2 Å². The Hall–Kier alpha value is -1.74. The van der Waals surface area contributed by atoms with Gasteiger partial charge < -0.3 is 5.32 Å². The second-order valence-electron chi connectivity index (χ2n) is 5.11. The number of anilines is 1. The van der Waals surface area contributed by atoms with Crippen molar-refractivity contribution in [3.8, 4) is 0 Å². The Kier molecular flexibility index (Phi) is 5.45. The van der Waals surface area contributed by atoms with E-state index >= 15 is 0 Å². The van der Waals surface area contributed by atoms with E-state index in [1.54, 1.807) is 11.8 Å². The second-order valence-corrected chi connectivity index (χ2v) is 6.16. The summed E-state index contributed by atoms with van der Waals surface area (Å²) in [4.78, 5) is 13.3. The minimum Gasteiger partial charge on any atom is -0.325 e. The van der Waals surface area contributed by atoms with E-state index < -0.39 is 0 Å². The van der Waals surface area contributed by atoms with Crippen LogP contribution >= 0.6 is 11.8 Å². The summed E-state index contributed by atoms with van der Waals surface area (Å²) in [6.45, 7) is 6.19. The molecule has 0 aliphatic carbocycles. The standard InChI is InChI=1S/C18H21NOS/c1-4-15-7-5-6-14(3)18(15)19-17(20)12-21-16-10-8-13(2)9-11-16/h5-11H,4,12H2,1-3H3,(H,19,20). The fourth-order valence-corrected chi connectivity index (χ4v) is 2.86. The lowest BCUT2D eigenvalue weighted by Gasteiger charge is -2.12. The van der Waals surface area contributed by atoms with Crippen molar-refractivity contribution in [2.75, 3.05) is 11.1 Å². The third-order valence-corrected chi connectivity index (χ3v) is 4.41. The van der Waals surface area contributed by atoms with Crippen LogP contribution in [0, 0.1) is 13.8 Å². The van der Waals surface area contributed by atoms with Crippen LogP contribution in [0.25, 0.3) is 0 Å². The van der Waals surface area contributed by atoms with Gasteiger partial charge in [0.05, 0.1) is 5.75 Å². The lowest BCUT2D eigenvalue weighted by Crippen LogP contribution is -2.16.